The molecule has 1 fully saturated rings. The van der Waals surface area contributed by atoms with Crippen LogP contribution in [0.4, 0.5) is 23.2 Å². The van der Waals surface area contributed by atoms with Crippen molar-refractivity contribution in [3.63, 3.8) is 0 Å². The van der Waals surface area contributed by atoms with Crippen LogP contribution in [0.3, 0.4) is 0 Å². The minimum Gasteiger partial charge on any atom is -0.616 e. The van der Waals surface area contributed by atoms with Crippen LogP contribution in [0.15, 0.2) is 36.4 Å². The lowest BCUT2D eigenvalue weighted by molar-refractivity contribution is -0.206. The molecule has 0 saturated carbocycles. The van der Waals surface area contributed by atoms with Crippen LogP contribution in [0.1, 0.15) is 37.5 Å². The summed E-state index contributed by atoms with van der Waals surface area (Å²) >= 11 is -1.25. The Morgan fingerprint density at radius 2 is 1.87 bits per heavy atom. The van der Waals surface area contributed by atoms with Gasteiger partial charge in [-0.1, -0.05) is 56.2 Å². The normalized spacial score (nSPS) is 23.3. The van der Waals surface area contributed by atoms with Crippen LogP contribution in [0.25, 0.3) is 0 Å². The maximum atomic E-state index is 14.5. The molecule has 212 valence electrons. The molecule has 11 heteroatoms. The number of benzene rings is 2. The molecule has 3 rings (SSSR count). The van der Waals surface area contributed by atoms with E-state index in [-0.39, 0.29) is 28.9 Å². The van der Waals surface area contributed by atoms with Gasteiger partial charge in [-0.05, 0) is 40.7 Å². The van der Waals surface area contributed by atoms with Gasteiger partial charge in [-0.2, -0.15) is 13.2 Å². The zero-order chi connectivity index (χ0) is 28.3. The van der Waals surface area contributed by atoms with Crippen LogP contribution in [-0.2, 0) is 34.3 Å². The topological polar surface area (TPSA) is 99.8 Å². The number of halogens is 4. The van der Waals surface area contributed by atoms with E-state index in [1.165, 1.54) is 11.6 Å². The highest BCUT2D eigenvalue weighted by atomic mass is 32.2. The molecule has 0 aliphatic carbocycles. The molecule has 0 amide bonds. The van der Waals surface area contributed by atoms with Crippen LogP contribution in [0.2, 0.25) is 0 Å². The van der Waals surface area contributed by atoms with Crippen LogP contribution >= 0.6 is 0 Å². The standard InChI is InChI=1S/C27H36F4N2O4S/c1-26(2,3)19-7-5-6-16(9-19)12-33-21-15-38(35)14-18(25(21)34)8-17-10-20(28)24(32)22(11-17)37-23(13-36-4)27(29,30)31/h5-7,9-11,18,21,23,25,33-34H,8,12-15,32H2,1-4H3/t18-,21+,23-,25+,38+/m1/s1. The van der Waals surface area contributed by atoms with Crippen molar-refractivity contribution in [2.24, 2.45) is 5.92 Å². The Morgan fingerprint density at radius 1 is 1.16 bits per heavy atom. The van der Waals surface area contributed by atoms with Gasteiger partial charge in [-0.25, -0.2) is 4.39 Å². The number of hydrogen-bond acceptors (Lipinski definition) is 6. The number of nitrogen functional groups attached to an aromatic ring is 1. The molecule has 1 aliphatic rings. The van der Waals surface area contributed by atoms with Gasteiger partial charge in [0, 0.05) is 19.6 Å². The number of nitrogens with one attached hydrogen (secondary N) is 1. The van der Waals surface area contributed by atoms with E-state index < -0.39 is 65.4 Å². The molecule has 0 bridgehead atoms. The Morgan fingerprint density at radius 3 is 2.50 bits per heavy atom. The lowest BCUT2D eigenvalue weighted by Gasteiger charge is -2.36. The van der Waals surface area contributed by atoms with Gasteiger partial charge in [0.2, 0.25) is 6.10 Å². The van der Waals surface area contributed by atoms with E-state index in [2.05, 4.69) is 43.0 Å². The summed E-state index contributed by atoms with van der Waals surface area (Å²) in [5, 5.41) is 14.4. The highest BCUT2D eigenvalue weighted by molar-refractivity contribution is 7.91. The van der Waals surface area contributed by atoms with Crippen molar-refractivity contribution in [3.05, 3.63) is 58.9 Å². The molecule has 1 aliphatic heterocycles. The molecule has 0 radical (unpaired) electrons. The first-order valence-electron chi connectivity index (χ1n) is 12.3. The maximum Gasteiger partial charge on any atom is 0.427 e. The first-order chi connectivity index (χ1) is 17.7. The van der Waals surface area contributed by atoms with Crippen molar-refractivity contribution in [2.45, 2.75) is 63.6 Å². The van der Waals surface area contributed by atoms with E-state index in [9.17, 15) is 27.2 Å². The van der Waals surface area contributed by atoms with E-state index in [4.69, 9.17) is 10.5 Å². The second-order valence-electron chi connectivity index (χ2n) is 10.8. The molecule has 0 aromatic heterocycles. The lowest BCUT2D eigenvalue weighted by atomic mass is 9.86. The highest BCUT2D eigenvalue weighted by Crippen LogP contribution is 2.33. The third-order valence-corrected chi connectivity index (χ3v) is 8.15. The van der Waals surface area contributed by atoms with E-state index in [0.29, 0.717) is 6.54 Å². The SMILES string of the molecule is COC[C@@H](Oc1cc(C[C@@H]2C[S@+]([O-])C[C@H](NCc3cccc(C(C)(C)C)c3)[C@H]2O)cc(F)c1N)C(F)(F)F. The van der Waals surface area contributed by atoms with Gasteiger partial charge in [0.1, 0.15) is 28.8 Å². The van der Waals surface area contributed by atoms with Crippen LogP contribution in [0, 0.1) is 11.7 Å². The lowest BCUT2D eigenvalue weighted by Crippen LogP contribution is -2.54. The van der Waals surface area contributed by atoms with Crippen LogP contribution < -0.4 is 15.8 Å². The highest BCUT2D eigenvalue weighted by Gasteiger charge is 2.43. The molecule has 2 aromatic rings. The first-order valence-corrected chi connectivity index (χ1v) is 13.8. The third kappa shape index (κ3) is 7.98. The summed E-state index contributed by atoms with van der Waals surface area (Å²) in [5.74, 6) is -1.48. The van der Waals surface area contributed by atoms with Crippen molar-refractivity contribution in [2.75, 3.05) is 31.0 Å². The number of rotatable bonds is 9. The molecule has 5 atom stereocenters. The van der Waals surface area contributed by atoms with Crippen molar-refractivity contribution >= 4 is 16.9 Å². The summed E-state index contributed by atoms with van der Waals surface area (Å²) in [6, 6.07) is 9.96. The summed E-state index contributed by atoms with van der Waals surface area (Å²) in [6.07, 6.45) is -7.90. The summed E-state index contributed by atoms with van der Waals surface area (Å²) < 4.78 is 76.7. The molecule has 0 unspecified atom stereocenters. The third-order valence-electron chi connectivity index (χ3n) is 6.62. The quantitative estimate of drug-likeness (QED) is 0.243. The molecular weight excluding hydrogens is 524 g/mol. The van der Waals surface area contributed by atoms with Gasteiger partial charge in [0.15, 0.2) is 0 Å². The molecule has 1 heterocycles. The number of nitrogens with two attached hydrogens (primary N) is 1. The Balaban J connectivity index is 1.73. The molecular formula is C27H36F4N2O4S. The molecule has 6 nitrogen and oxygen atoms in total. The average molecular weight is 561 g/mol. The largest absolute Gasteiger partial charge is 0.616 e. The molecule has 2 aromatic carbocycles. The number of ether oxygens (including phenoxy) is 2. The Labute approximate surface area is 224 Å². The van der Waals surface area contributed by atoms with Crippen molar-refractivity contribution in [1.82, 2.24) is 5.32 Å². The minimum absolute atomic E-state index is 0.0203. The van der Waals surface area contributed by atoms with Crippen molar-refractivity contribution < 1.29 is 36.7 Å². The smallest absolute Gasteiger partial charge is 0.427 e. The van der Waals surface area contributed by atoms with E-state index in [0.717, 1.165) is 18.7 Å². The minimum atomic E-state index is -4.75. The van der Waals surface area contributed by atoms with Crippen LogP contribution in [0.5, 0.6) is 5.75 Å². The first kappa shape index (κ1) is 30.5. The monoisotopic (exact) mass is 560 g/mol. The number of aliphatic hydroxyl groups is 1. The Hall–Kier alpha value is -2.05. The molecule has 0 spiro atoms. The number of aliphatic hydroxyl groups excluding tert-OH is 1. The maximum absolute atomic E-state index is 14.5. The van der Waals surface area contributed by atoms with Gasteiger partial charge in [-0.15, -0.1) is 0 Å². The summed E-state index contributed by atoms with van der Waals surface area (Å²) in [6.45, 7) is 6.03. The molecule has 4 N–H and O–H groups in total. The molecule has 1 saturated heterocycles. The van der Waals surface area contributed by atoms with Crippen molar-refractivity contribution in [1.29, 1.82) is 0 Å². The fourth-order valence-corrected chi connectivity index (χ4v) is 6.10. The fourth-order valence-electron chi connectivity index (χ4n) is 4.45. The second-order valence-corrected chi connectivity index (χ2v) is 12.3. The Kier molecular flexibility index (Phi) is 9.97. The predicted molar refractivity (Wildman–Crippen MR) is 140 cm³/mol. The number of anilines is 1. The number of hydrogen-bond donors (Lipinski definition) is 3. The summed E-state index contributed by atoms with van der Waals surface area (Å²) in [7, 11) is 1.10. The van der Waals surface area contributed by atoms with E-state index in [1.807, 2.05) is 12.1 Å². The van der Waals surface area contributed by atoms with Gasteiger partial charge < -0.3 is 30.2 Å². The predicted octanol–water partition coefficient (Wildman–Crippen LogP) is 4.10. The van der Waals surface area contributed by atoms with Gasteiger partial charge in [-0.3, -0.25) is 0 Å². The van der Waals surface area contributed by atoms with Gasteiger partial charge >= 0.3 is 6.18 Å². The number of alkyl halides is 3. The number of methoxy groups -OCH3 is 1. The van der Waals surface area contributed by atoms with E-state index >= 15 is 0 Å². The summed E-state index contributed by atoms with van der Waals surface area (Å²) in [4.78, 5) is 0. The van der Waals surface area contributed by atoms with E-state index in [1.54, 1.807) is 0 Å². The van der Waals surface area contributed by atoms with Crippen LogP contribution in [-0.4, -0.2) is 59.3 Å². The average Bonchev–Trinajstić information content (AvgIpc) is 2.82. The summed E-state index contributed by atoms with van der Waals surface area (Å²) in [5.41, 5.74) is 7.56. The van der Waals surface area contributed by atoms with Gasteiger partial charge in [0.05, 0.1) is 18.8 Å². The second kappa shape index (κ2) is 12.4. The Bertz CT molecular complexity index is 1080. The zero-order valence-electron chi connectivity index (χ0n) is 22.0. The van der Waals surface area contributed by atoms with Gasteiger partial charge in [0.25, 0.3) is 0 Å². The zero-order valence-corrected chi connectivity index (χ0v) is 22.8. The van der Waals surface area contributed by atoms with Crippen molar-refractivity contribution in [3.8, 4) is 5.75 Å². The molecule has 38 heavy (non-hydrogen) atoms. The fraction of sp³-hybridized carbons (Fsp3) is 0.556.